The van der Waals surface area contributed by atoms with Crippen LogP contribution in [0.25, 0.3) is 0 Å². The third kappa shape index (κ3) is 5.63. The summed E-state index contributed by atoms with van der Waals surface area (Å²) in [4.78, 5) is 32.8. The Hall–Kier alpha value is -3.72. The number of halogens is 1. The van der Waals surface area contributed by atoms with Crippen LogP contribution in [0.5, 0.6) is 0 Å². The van der Waals surface area contributed by atoms with Crippen LogP contribution in [-0.4, -0.2) is 26.4 Å². The van der Waals surface area contributed by atoms with Gasteiger partial charge in [0.2, 0.25) is 0 Å². The highest BCUT2D eigenvalue weighted by atomic mass is 35.5. The van der Waals surface area contributed by atoms with Gasteiger partial charge in [-0.05, 0) is 24.1 Å². The quantitative estimate of drug-likeness (QED) is 0.349. The SMILES string of the molecule is Cc1cn(C(c2ccccc2)c2ccc(Cl)c([N+](=O)[O-])c2)cn1.O=C([O-])C(=O)[O-]. The van der Waals surface area contributed by atoms with E-state index in [-0.39, 0.29) is 16.8 Å². The van der Waals surface area contributed by atoms with Crippen molar-refractivity contribution in [3.05, 3.63) is 93.0 Å². The van der Waals surface area contributed by atoms with Gasteiger partial charge in [0.15, 0.2) is 0 Å². The van der Waals surface area contributed by atoms with Crippen LogP contribution >= 0.6 is 11.6 Å². The summed E-state index contributed by atoms with van der Waals surface area (Å²) in [5, 5.41) is 29.2. The maximum atomic E-state index is 11.2. The fourth-order valence-electron chi connectivity index (χ4n) is 2.59. The Morgan fingerprint density at radius 2 is 1.69 bits per heavy atom. The molecule has 1 unspecified atom stereocenters. The van der Waals surface area contributed by atoms with Crippen molar-refractivity contribution >= 4 is 29.2 Å². The lowest BCUT2D eigenvalue weighted by Crippen LogP contribution is -2.42. The average molecular weight is 416 g/mol. The van der Waals surface area contributed by atoms with Gasteiger partial charge < -0.3 is 24.4 Å². The fraction of sp³-hybridized carbons (Fsp3) is 0.105. The third-order valence-electron chi connectivity index (χ3n) is 3.79. The molecule has 10 heteroatoms. The van der Waals surface area contributed by atoms with Gasteiger partial charge in [-0.1, -0.05) is 48.0 Å². The molecule has 0 aliphatic carbocycles. The van der Waals surface area contributed by atoms with Crippen LogP contribution in [0.4, 0.5) is 5.69 Å². The summed E-state index contributed by atoms with van der Waals surface area (Å²) >= 11 is 5.93. The van der Waals surface area contributed by atoms with E-state index in [1.807, 2.05) is 54.1 Å². The Kier molecular flexibility index (Phi) is 7.05. The molecule has 0 radical (unpaired) electrons. The van der Waals surface area contributed by atoms with Crippen molar-refractivity contribution in [3.63, 3.8) is 0 Å². The maximum Gasteiger partial charge on any atom is 0.288 e. The molecule has 150 valence electrons. The van der Waals surface area contributed by atoms with Gasteiger partial charge >= 0.3 is 0 Å². The first-order valence-electron chi connectivity index (χ1n) is 8.12. The largest absolute Gasteiger partial charge is 0.543 e. The lowest BCUT2D eigenvalue weighted by molar-refractivity contribution is -0.384. The molecule has 3 aromatic rings. The number of nitrogens with zero attached hydrogens (tertiary/aromatic N) is 3. The number of aliphatic carboxylic acids is 2. The highest BCUT2D eigenvalue weighted by molar-refractivity contribution is 6.32. The molecule has 0 saturated carbocycles. The zero-order valence-electron chi connectivity index (χ0n) is 15.0. The first-order valence-corrected chi connectivity index (χ1v) is 8.49. The van der Waals surface area contributed by atoms with E-state index in [1.54, 1.807) is 12.4 Å². The molecule has 0 saturated heterocycles. The van der Waals surface area contributed by atoms with Gasteiger partial charge in [-0.15, -0.1) is 0 Å². The molecule has 1 heterocycles. The molecule has 0 aliphatic rings. The number of hydrogen-bond donors (Lipinski definition) is 0. The van der Waals surface area contributed by atoms with Crippen molar-refractivity contribution in [2.24, 2.45) is 0 Å². The van der Waals surface area contributed by atoms with Crippen LogP contribution in [0.1, 0.15) is 22.9 Å². The van der Waals surface area contributed by atoms with Crippen LogP contribution in [0, 0.1) is 17.0 Å². The van der Waals surface area contributed by atoms with E-state index in [0.717, 1.165) is 16.8 Å². The summed E-state index contributed by atoms with van der Waals surface area (Å²) in [5.74, 6) is -4.37. The van der Waals surface area contributed by atoms with Gasteiger partial charge in [0.1, 0.15) is 5.02 Å². The zero-order chi connectivity index (χ0) is 21.6. The molecule has 1 aromatic heterocycles. The Bertz CT molecular complexity index is 1020. The van der Waals surface area contributed by atoms with Gasteiger partial charge in [-0.2, -0.15) is 0 Å². The Balaban J connectivity index is 0.000000438. The summed E-state index contributed by atoms with van der Waals surface area (Å²) in [7, 11) is 0. The molecule has 0 bridgehead atoms. The smallest absolute Gasteiger partial charge is 0.288 e. The van der Waals surface area contributed by atoms with Gasteiger partial charge in [-0.3, -0.25) is 10.1 Å². The molecule has 0 spiro atoms. The van der Waals surface area contributed by atoms with Crippen LogP contribution in [0.15, 0.2) is 61.1 Å². The number of aryl methyl sites for hydroxylation is 1. The van der Waals surface area contributed by atoms with Gasteiger partial charge in [0.25, 0.3) is 5.69 Å². The second-order valence-corrected chi connectivity index (χ2v) is 6.23. The molecule has 29 heavy (non-hydrogen) atoms. The Labute approximate surface area is 170 Å². The first kappa shape index (κ1) is 21.6. The predicted molar refractivity (Wildman–Crippen MR) is 98.8 cm³/mol. The van der Waals surface area contributed by atoms with Gasteiger partial charge in [0.05, 0.1) is 34.9 Å². The molecular weight excluding hydrogens is 402 g/mol. The Morgan fingerprint density at radius 1 is 1.07 bits per heavy atom. The van der Waals surface area contributed by atoms with Crippen molar-refractivity contribution in [3.8, 4) is 0 Å². The van der Waals surface area contributed by atoms with Crippen LogP contribution in [0.2, 0.25) is 5.02 Å². The molecule has 0 N–H and O–H groups in total. The second kappa shape index (κ2) is 9.47. The number of imidazole rings is 1. The molecule has 0 fully saturated rings. The minimum absolute atomic E-state index is 0.0954. The summed E-state index contributed by atoms with van der Waals surface area (Å²) in [6.07, 6.45) is 3.64. The number of aromatic nitrogens is 2. The summed E-state index contributed by atoms with van der Waals surface area (Å²) < 4.78 is 1.94. The number of nitro groups is 1. The van der Waals surface area contributed by atoms with E-state index in [0.29, 0.717) is 0 Å². The lowest BCUT2D eigenvalue weighted by Gasteiger charge is -2.19. The number of carboxylic acid groups (broad SMARTS) is 2. The summed E-state index contributed by atoms with van der Waals surface area (Å²) in [6.45, 7) is 1.91. The number of benzene rings is 2. The molecule has 0 aliphatic heterocycles. The summed E-state index contributed by atoms with van der Waals surface area (Å²) in [6, 6.07) is 14.5. The third-order valence-corrected chi connectivity index (χ3v) is 4.11. The van der Waals surface area contributed by atoms with Crippen molar-refractivity contribution < 1.29 is 24.7 Å². The van der Waals surface area contributed by atoms with Crippen LogP contribution < -0.4 is 10.2 Å². The molecule has 9 nitrogen and oxygen atoms in total. The zero-order valence-corrected chi connectivity index (χ0v) is 15.8. The monoisotopic (exact) mass is 415 g/mol. The maximum absolute atomic E-state index is 11.2. The van der Waals surface area contributed by atoms with Gasteiger partial charge in [0, 0.05) is 12.3 Å². The highest BCUT2D eigenvalue weighted by Crippen LogP contribution is 2.32. The van der Waals surface area contributed by atoms with Crippen molar-refractivity contribution in [2.45, 2.75) is 13.0 Å². The van der Waals surface area contributed by atoms with E-state index >= 15 is 0 Å². The minimum Gasteiger partial charge on any atom is -0.543 e. The number of nitro benzene ring substituents is 1. The summed E-state index contributed by atoms with van der Waals surface area (Å²) in [5.41, 5.74) is 2.59. The molecular formula is C19H14ClN3O6-2. The van der Waals surface area contributed by atoms with Crippen molar-refractivity contribution in [1.29, 1.82) is 0 Å². The number of hydrogen-bond acceptors (Lipinski definition) is 7. The number of carbonyl (C=O) groups excluding carboxylic acids is 2. The molecule has 3 rings (SSSR count). The topological polar surface area (TPSA) is 141 Å². The van der Waals surface area contributed by atoms with Crippen LogP contribution in [-0.2, 0) is 9.59 Å². The van der Waals surface area contributed by atoms with Crippen LogP contribution in [0.3, 0.4) is 0 Å². The van der Waals surface area contributed by atoms with Crippen molar-refractivity contribution in [2.75, 3.05) is 0 Å². The number of carboxylic acids is 2. The number of rotatable bonds is 4. The van der Waals surface area contributed by atoms with E-state index in [4.69, 9.17) is 31.4 Å². The van der Waals surface area contributed by atoms with Crippen molar-refractivity contribution in [1.82, 2.24) is 9.55 Å². The Morgan fingerprint density at radius 3 is 2.17 bits per heavy atom. The normalized spacial score (nSPS) is 11.1. The second-order valence-electron chi connectivity index (χ2n) is 5.82. The van der Waals surface area contributed by atoms with Gasteiger partial charge in [-0.25, -0.2) is 4.98 Å². The van der Waals surface area contributed by atoms with E-state index in [2.05, 4.69) is 4.98 Å². The highest BCUT2D eigenvalue weighted by Gasteiger charge is 2.21. The fourth-order valence-corrected chi connectivity index (χ4v) is 2.78. The first-order chi connectivity index (χ1) is 13.7. The standard InChI is InChI=1S/C17H14ClN3O2.C2H2O4/c1-12-10-20(11-19-12)17(13-5-3-2-4-6-13)14-7-8-15(18)16(9-14)21(22)23;3-1(4)2(5)6/h2-11,17H,1H3;(H,3,4)(H,5,6)/p-2. The molecule has 2 aromatic carbocycles. The lowest BCUT2D eigenvalue weighted by atomic mass is 9.98. The minimum atomic E-state index is -2.19. The van der Waals surface area contributed by atoms with E-state index in [9.17, 15) is 10.1 Å². The molecule has 0 amide bonds. The predicted octanol–water partition coefficient (Wildman–Crippen LogP) is 0.877. The number of carbonyl (C=O) groups is 2. The average Bonchev–Trinajstić information content (AvgIpc) is 3.10. The molecule has 1 atom stereocenters. The van der Waals surface area contributed by atoms with E-state index < -0.39 is 16.9 Å². The van der Waals surface area contributed by atoms with E-state index in [1.165, 1.54) is 6.07 Å².